The topological polar surface area (TPSA) is 57.8 Å². The lowest BCUT2D eigenvalue weighted by molar-refractivity contribution is 0.509. The number of aryl methyl sites for hydroxylation is 2. The van der Waals surface area contributed by atoms with Crippen molar-refractivity contribution in [2.45, 2.75) is 52.5 Å². The van der Waals surface area contributed by atoms with Crippen LogP contribution in [0.4, 0.5) is 5.69 Å². The van der Waals surface area contributed by atoms with Gasteiger partial charge in [0, 0.05) is 10.6 Å². The van der Waals surface area contributed by atoms with E-state index in [1.165, 1.54) is 16.0 Å². The van der Waals surface area contributed by atoms with Crippen LogP contribution in [0.25, 0.3) is 10.2 Å². The van der Waals surface area contributed by atoms with Gasteiger partial charge in [0.05, 0.1) is 11.4 Å². The Hall–Kier alpha value is -2.14. The first-order valence-electron chi connectivity index (χ1n) is 9.45. The molecule has 4 nitrogen and oxygen atoms in total. The van der Waals surface area contributed by atoms with Crippen molar-refractivity contribution in [1.29, 1.82) is 0 Å². The minimum absolute atomic E-state index is 0.00742. The Morgan fingerprint density at radius 3 is 3.08 bits per heavy atom. The van der Waals surface area contributed by atoms with Crippen molar-refractivity contribution < 1.29 is 0 Å². The molecule has 0 aliphatic heterocycles. The molecule has 3 aromatic rings. The van der Waals surface area contributed by atoms with Gasteiger partial charge in [-0.05, 0) is 61.8 Å². The van der Waals surface area contributed by atoms with Crippen LogP contribution in [0.1, 0.15) is 55.1 Å². The van der Waals surface area contributed by atoms with Crippen LogP contribution in [0.5, 0.6) is 0 Å². The standard InChI is InChI=1S/C21H25N3OS/c1-4-14-6-5-7-15(11-14)22-13(3)19-23-20(25)18-16-9-8-12(2)10-17(16)26-21(18)24-19/h5-7,11-13,22H,4,8-10H2,1-3H3,(H,23,24,25)/t12-,13+/m1/s1. The van der Waals surface area contributed by atoms with E-state index in [0.717, 1.165) is 41.6 Å². The number of nitrogens with zero attached hydrogens (tertiary/aromatic N) is 1. The number of aromatic amines is 1. The molecule has 136 valence electrons. The van der Waals surface area contributed by atoms with Crippen LogP contribution in [0.3, 0.4) is 0 Å². The first kappa shape index (κ1) is 17.3. The highest BCUT2D eigenvalue weighted by molar-refractivity contribution is 7.18. The van der Waals surface area contributed by atoms with Crippen molar-refractivity contribution in [3.05, 3.63) is 56.4 Å². The molecule has 0 unspecified atom stereocenters. The van der Waals surface area contributed by atoms with Gasteiger partial charge in [-0.25, -0.2) is 4.98 Å². The summed E-state index contributed by atoms with van der Waals surface area (Å²) in [5.74, 6) is 1.40. The second-order valence-corrected chi connectivity index (χ2v) is 8.49. The number of nitrogens with one attached hydrogen (secondary N) is 2. The van der Waals surface area contributed by atoms with Gasteiger partial charge in [0.15, 0.2) is 0 Å². The zero-order valence-corrected chi connectivity index (χ0v) is 16.4. The number of benzene rings is 1. The minimum atomic E-state index is -0.0581. The Morgan fingerprint density at radius 2 is 2.27 bits per heavy atom. The maximum Gasteiger partial charge on any atom is 0.259 e. The normalized spacial score (nSPS) is 17.9. The lowest BCUT2D eigenvalue weighted by Gasteiger charge is -2.17. The lowest BCUT2D eigenvalue weighted by atomic mass is 9.89. The van der Waals surface area contributed by atoms with Gasteiger partial charge in [0.2, 0.25) is 0 Å². The summed E-state index contributed by atoms with van der Waals surface area (Å²) in [7, 11) is 0. The summed E-state index contributed by atoms with van der Waals surface area (Å²) in [6, 6.07) is 8.33. The molecule has 26 heavy (non-hydrogen) atoms. The van der Waals surface area contributed by atoms with Crippen LogP contribution in [0.15, 0.2) is 29.1 Å². The van der Waals surface area contributed by atoms with Crippen molar-refractivity contribution in [3.63, 3.8) is 0 Å². The smallest absolute Gasteiger partial charge is 0.259 e. The Morgan fingerprint density at radius 1 is 1.42 bits per heavy atom. The first-order chi connectivity index (χ1) is 12.5. The first-order valence-corrected chi connectivity index (χ1v) is 10.3. The fourth-order valence-corrected chi connectivity index (χ4v) is 5.16. The number of thiophene rings is 1. The van der Waals surface area contributed by atoms with Crippen LogP contribution < -0.4 is 10.9 Å². The zero-order chi connectivity index (χ0) is 18.3. The molecule has 0 saturated heterocycles. The molecule has 1 aromatic carbocycles. The number of hydrogen-bond acceptors (Lipinski definition) is 4. The molecule has 1 aliphatic carbocycles. The van der Waals surface area contributed by atoms with Crippen molar-refractivity contribution >= 4 is 27.2 Å². The van der Waals surface area contributed by atoms with Gasteiger partial charge in [-0.3, -0.25) is 4.79 Å². The molecular weight excluding hydrogens is 342 g/mol. The monoisotopic (exact) mass is 367 g/mol. The molecule has 0 fully saturated rings. The second-order valence-electron chi connectivity index (χ2n) is 7.40. The maximum atomic E-state index is 12.8. The van der Waals surface area contributed by atoms with Gasteiger partial charge in [0.25, 0.3) is 5.56 Å². The van der Waals surface area contributed by atoms with E-state index in [-0.39, 0.29) is 11.6 Å². The summed E-state index contributed by atoms with van der Waals surface area (Å²) in [5.41, 5.74) is 3.59. The molecule has 5 heteroatoms. The maximum absolute atomic E-state index is 12.8. The third-order valence-electron chi connectivity index (χ3n) is 5.31. The molecule has 1 aliphatic rings. The molecule has 2 aromatic heterocycles. The number of fused-ring (bicyclic) bond motifs is 3. The Balaban J connectivity index is 1.67. The molecule has 0 saturated carbocycles. The van der Waals surface area contributed by atoms with Gasteiger partial charge in [0.1, 0.15) is 10.7 Å². The minimum Gasteiger partial charge on any atom is -0.375 e. The summed E-state index contributed by atoms with van der Waals surface area (Å²) < 4.78 is 0. The van der Waals surface area contributed by atoms with E-state index >= 15 is 0 Å². The number of aromatic nitrogens is 2. The summed E-state index contributed by atoms with van der Waals surface area (Å²) in [6.07, 6.45) is 4.23. The highest BCUT2D eigenvalue weighted by Crippen LogP contribution is 2.36. The van der Waals surface area contributed by atoms with Crippen LogP contribution >= 0.6 is 11.3 Å². The molecule has 2 heterocycles. The summed E-state index contributed by atoms with van der Waals surface area (Å²) >= 11 is 1.70. The van der Waals surface area contributed by atoms with E-state index in [1.807, 2.05) is 6.92 Å². The van der Waals surface area contributed by atoms with Crippen molar-refractivity contribution in [3.8, 4) is 0 Å². The van der Waals surface area contributed by atoms with E-state index in [0.29, 0.717) is 11.7 Å². The van der Waals surface area contributed by atoms with E-state index < -0.39 is 0 Å². The average molecular weight is 368 g/mol. The predicted octanol–water partition coefficient (Wildman–Crippen LogP) is 4.84. The largest absolute Gasteiger partial charge is 0.375 e. The Bertz CT molecular complexity index is 1000. The third kappa shape index (κ3) is 3.16. The Kier molecular flexibility index (Phi) is 4.57. The summed E-state index contributed by atoms with van der Waals surface area (Å²) in [4.78, 5) is 22.8. The van der Waals surface area contributed by atoms with Gasteiger partial charge in [-0.1, -0.05) is 26.0 Å². The SMILES string of the molecule is CCc1cccc(N[C@@H](C)c2nc3sc4c(c3c(=O)[nH]2)CC[C@@H](C)C4)c1. The van der Waals surface area contributed by atoms with Gasteiger partial charge in [-0.2, -0.15) is 0 Å². The number of H-pyrrole nitrogens is 1. The van der Waals surface area contributed by atoms with E-state index in [4.69, 9.17) is 4.98 Å². The van der Waals surface area contributed by atoms with Crippen molar-refractivity contribution in [1.82, 2.24) is 9.97 Å². The second kappa shape index (κ2) is 6.88. The summed E-state index contributed by atoms with van der Waals surface area (Å²) in [6.45, 7) is 6.47. The van der Waals surface area contributed by atoms with Crippen LogP contribution in [-0.4, -0.2) is 9.97 Å². The van der Waals surface area contributed by atoms with E-state index in [1.54, 1.807) is 11.3 Å². The number of anilines is 1. The Labute approximate surface area is 157 Å². The molecule has 2 N–H and O–H groups in total. The molecule has 0 radical (unpaired) electrons. The van der Waals surface area contributed by atoms with E-state index in [9.17, 15) is 4.79 Å². The quantitative estimate of drug-likeness (QED) is 0.693. The van der Waals surface area contributed by atoms with Crippen LogP contribution in [0, 0.1) is 5.92 Å². The fourth-order valence-electron chi connectivity index (χ4n) is 3.77. The highest BCUT2D eigenvalue weighted by Gasteiger charge is 2.23. The van der Waals surface area contributed by atoms with Crippen molar-refractivity contribution in [2.75, 3.05) is 5.32 Å². The molecule has 4 rings (SSSR count). The molecule has 0 spiro atoms. The van der Waals surface area contributed by atoms with E-state index in [2.05, 4.69) is 48.4 Å². The molecule has 0 amide bonds. The molecular formula is C21H25N3OS. The van der Waals surface area contributed by atoms with Crippen LogP contribution in [-0.2, 0) is 19.3 Å². The lowest BCUT2D eigenvalue weighted by Crippen LogP contribution is -2.18. The van der Waals surface area contributed by atoms with Crippen LogP contribution in [0.2, 0.25) is 0 Å². The van der Waals surface area contributed by atoms with Gasteiger partial charge < -0.3 is 10.3 Å². The fraction of sp³-hybridized carbons (Fsp3) is 0.429. The third-order valence-corrected chi connectivity index (χ3v) is 6.46. The van der Waals surface area contributed by atoms with Gasteiger partial charge in [-0.15, -0.1) is 11.3 Å². The number of hydrogen-bond donors (Lipinski definition) is 2. The zero-order valence-electron chi connectivity index (χ0n) is 15.6. The number of rotatable bonds is 4. The molecule has 0 bridgehead atoms. The van der Waals surface area contributed by atoms with Gasteiger partial charge >= 0.3 is 0 Å². The average Bonchev–Trinajstić information content (AvgIpc) is 2.99. The molecule has 2 atom stereocenters. The highest BCUT2D eigenvalue weighted by atomic mass is 32.1. The predicted molar refractivity (Wildman–Crippen MR) is 109 cm³/mol. The summed E-state index contributed by atoms with van der Waals surface area (Å²) in [5, 5.41) is 4.29. The van der Waals surface area contributed by atoms with Crippen molar-refractivity contribution in [2.24, 2.45) is 5.92 Å².